The number of alkyl carbamates (subject to hydrolysis) is 1. The van der Waals surface area contributed by atoms with Gasteiger partial charge in [-0.2, -0.15) is 0 Å². The van der Waals surface area contributed by atoms with Crippen LogP contribution >= 0.6 is 0 Å². The fraction of sp³-hybridized carbons (Fsp3) is 0.556. The maximum atomic E-state index is 13.6. The van der Waals surface area contributed by atoms with Crippen LogP contribution in [0.4, 0.5) is 9.18 Å². The van der Waals surface area contributed by atoms with Gasteiger partial charge in [0, 0.05) is 18.5 Å². The van der Waals surface area contributed by atoms with Crippen molar-refractivity contribution in [2.75, 3.05) is 7.11 Å². The average molecular weight is 354 g/mol. The van der Waals surface area contributed by atoms with Gasteiger partial charge in [0.2, 0.25) is 5.91 Å². The first-order chi connectivity index (χ1) is 11.4. The molecule has 0 radical (unpaired) electrons. The van der Waals surface area contributed by atoms with Crippen molar-refractivity contribution in [2.24, 2.45) is 0 Å². The molecule has 1 aromatic carbocycles. The van der Waals surface area contributed by atoms with Crippen molar-refractivity contribution in [2.45, 2.75) is 58.7 Å². The van der Waals surface area contributed by atoms with E-state index in [1.54, 1.807) is 40.7 Å². The van der Waals surface area contributed by atoms with Crippen LogP contribution in [0.15, 0.2) is 18.2 Å². The molecular formula is C18H27FN2O4. The third-order valence-corrected chi connectivity index (χ3v) is 3.15. The van der Waals surface area contributed by atoms with E-state index in [0.717, 1.165) is 0 Å². The lowest BCUT2D eigenvalue weighted by atomic mass is 10.0. The van der Waals surface area contributed by atoms with Gasteiger partial charge in [0.15, 0.2) is 11.6 Å². The topological polar surface area (TPSA) is 76.7 Å². The Balaban J connectivity index is 2.52. The minimum absolute atomic E-state index is 0.0604. The van der Waals surface area contributed by atoms with Crippen LogP contribution in [0.25, 0.3) is 0 Å². The second-order valence-electron chi connectivity index (χ2n) is 7.43. The van der Waals surface area contributed by atoms with Crippen molar-refractivity contribution in [3.05, 3.63) is 29.6 Å². The fourth-order valence-electron chi connectivity index (χ4n) is 2.11. The van der Waals surface area contributed by atoms with Gasteiger partial charge in [0.05, 0.1) is 7.11 Å². The summed E-state index contributed by atoms with van der Waals surface area (Å²) in [7, 11) is 1.39. The van der Waals surface area contributed by atoms with E-state index in [4.69, 9.17) is 9.47 Å². The van der Waals surface area contributed by atoms with E-state index in [9.17, 15) is 14.0 Å². The zero-order valence-electron chi connectivity index (χ0n) is 15.7. The molecule has 0 heterocycles. The molecule has 2 amide bonds. The summed E-state index contributed by atoms with van der Waals surface area (Å²) in [5, 5.41) is 5.37. The van der Waals surface area contributed by atoms with Gasteiger partial charge in [0.25, 0.3) is 0 Å². The molecule has 0 aliphatic carbocycles. The van der Waals surface area contributed by atoms with Crippen LogP contribution in [0.3, 0.4) is 0 Å². The van der Waals surface area contributed by atoms with Gasteiger partial charge in [-0.15, -0.1) is 0 Å². The second-order valence-corrected chi connectivity index (χ2v) is 7.43. The largest absolute Gasteiger partial charge is 0.494 e. The van der Waals surface area contributed by atoms with Gasteiger partial charge in [-0.25, -0.2) is 9.18 Å². The zero-order valence-corrected chi connectivity index (χ0v) is 15.7. The number of amides is 2. The summed E-state index contributed by atoms with van der Waals surface area (Å²) >= 11 is 0. The zero-order chi connectivity index (χ0) is 19.3. The molecule has 0 fully saturated rings. The number of halogens is 1. The van der Waals surface area contributed by atoms with E-state index < -0.39 is 23.1 Å². The number of hydrogen-bond donors (Lipinski definition) is 2. The van der Waals surface area contributed by atoms with E-state index in [1.165, 1.54) is 19.2 Å². The van der Waals surface area contributed by atoms with Crippen LogP contribution < -0.4 is 15.4 Å². The van der Waals surface area contributed by atoms with Crippen LogP contribution in [-0.2, 0) is 16.1 Å². The summed E-state index contributed by atoms with van der Waals surface area (Å²) in [5.41, 5.74) is -0.775. The van der Waals surface area contributed by atoms with Crippen LogP contribution in [0.5, 0.6) is 5.75 Å². The summed E-state index contributed by atoms with van der Waals surface area (Å²) in [6, 6.07) is 4.49. The molecule has 140 valence electrons. The lowest BCUT2D eigenvalue weighted by Crippen LogP contribution is -2.48. The number of benzene rings is 1. The fourth-order valence-corrected chi connectivity index (χ4v) is 2.11. The predicted molar refractivity (Wildman–Crippen MR) is 92.9 cm³/mol. The molecule has 0 aliphatic heterocycles. The molecule has 25 heavy (non-hydrogen) atoms. The third-order valence-electron chi connectivity index (χ3n) is 3.15. The number of methoxy groups -OCH3 is 1. The molecule has 0 atom stereocenters. The SMILES string of the molecule is COc1ccc(CNC(=O)CC(C)(C)NC(=O)OC(C)(C)C)cc1F. The Bertz CT molecular complexity index is 624. The minimum atomic E-state index is -0.780. The normalized spacial score (nSPS) is 11.6. The molecular weight excluding hydrogens is 327 g/mol. The molecule has 7 heteroatoms. The number of hydrogen-bond acceptors (Lipinski definition) is 4. The highest BCUT2D eigenvalue weighted by atomic mass is 19.1. The van der Waals surface area contributed by atoms with Gasteiger partial charge in [-0.3, -0.25) is 4.79 Å². The minimum Gasteiger partial charge on any atom is -0.494 e. The van der Waals surface area contributed by atoms with Crippen LogP contribution in [0, 0.1) is 5.82 Å². The van der Waals surface area contributed by atoms with Gasteiger partial charge in [-0.05, 0) is 52.3 Å². The molecule has 6 nitrogen and oxygen atoms in total. The standard InChI is InChI=1S/C18H27FN2O4/c1-17(2,3)25-16(23)21-18(4,5)10-15(22)20-11-12-7-8-14(24-6)13(19)9-12/h7-9H,10-11H2,1-6H3,(H,20,22)(H,21,23). The van der Waals surface area contributed by atoms with E-state index in [1.807, 2.05) is 0 Å². The summed E-state index contributed by atoms with van der Waals surface area (Å²) in [6.45, 7) is 8.93. The third kappa shape index (κ3) is 7.87. The van der Waals surface area contributed by atoms with Gasteiger partial charge < -0.3 is 20.1 Å². The first kappa shape index (κ1) is 20.7. The first-order valence-electron chi connectivity index (χ1n) is 8.02. The predicted octanol–water partition coefficient (Wildman–Crippen LogP) is 3.14. The van der Waals surface area contributed by atoms with E-state index >= 15 is 0 Å². The smallest absolute Gasteiger partial charge is 0.408 e. The van der Waals surface area contributed by atoms with Gasteiger partial charge >= 0.3 is 6.09 Å². The molecule has 0 spiro atoms. The first-order valence-corrected chi connectivity index (χ1v) is 8.02. The van der Waals surface area contributed by atoms with Crippen LogP contribution in [0.1, 0.15) is 46.6 Å². The van der Waals surface area contributed by atoms with Crippen molar-refractivity contribution in [3.8, 4) is 5.75 Å². The van der Waals surface area contributed by atoms with Crippen molar-refractivity contribution in [1.29, 1.82) is 0 Å². The second kappa shape index (κ2) is 8.18. The van der Waals surface area contributed by atoms with Crippen molar-refractivity contribution in [1.82, 2.24) is 10.6 Å². The number of rotatable bonds is 6. The van der Waals surface area contributed by atoms with Crippen molar-refractivity contribution >= 4 is 12.0 Å². The Labute approximate surface area is 148 Å². The lowest BCUT2D eigenvalue weighted by molar-refractivity contribution is -0.122. The van der Waals surface area contributed by atoms with Gasteiger partial charge in [0.1, 0.15) is 5.60 Å². The van der Waals surface area contributed by atoms with Crippen molar-refractivity contribution in [3.63, 3.8) is 0 Å². The Kier molecular flexibility index (Phi) is 6.78. The van der Waals surface area contributed by atoms with Crippen molar-refractivity contribution < 1.29 is 23.5 Å². The van der Waals surface area contributed by atoms with Crippen LogP contribution in [-0.4, -0.2) is 30.3 Å². The Hall–Kier alpha value is -2.31. The summed E-state index contributed by atoms with van der Waals surface area (Å²) in [4.78, 5) is 23.9. The quantitative estimate of drug-likeness (QED) is 0.823. The molecule has 0 unspecified atom stereocenters. The number of nitrogens with one attached hydrogen (secondary N) is 2. The summed E-state index contributed by atoms with van der Waals surface area (Å²) < 4.78 is 23.7. The molecule has 0 saturated heterocycles. The highest BCUT2D eigenvalue weighted by Gasteiger charge is 2.27. The Morgan fingerprint density at radius 2 is 1.80 bits per heavy atom. The summed E-state index contributed by atoms with van der Waals surface area (Å²) in [6.07, 6.45) is -0.521. The monoisotopic (exact) mass is 354 g/mol. The number of carbonyl (C=O) groups excluding carboxylic acids is 2. The lowest BCUT2D eigenvalue weighted by Gasteiger charge is -2.28. The highest BCUT2D eigenvalue weighted by molar-refractivity contribution is 5.78. The molecule has 0 aliphatic rings. The Morgan fingerprint density at radius 1 is 1.16 bits per heavy atom. The molecule has 2 N–H and O–H groups in total. The van der Waals surface area contributed by atoms with Crippen LogP contribution in [0.2, 0.25) is 0 Å². The molecule has 0 bridgehead atoms. The summed E-state index contributed by atoms with van der Waals surface area (Å²) in [5.74, 6) is -0.601. The van der Waals surface area contributed by atoms with E-state index in [0.29, 0.717) is 5.56 Å². The molecule has 0 aromatic heterocycles. The number of ether oxygens (including phenoxy) is 2. The van der Waals surface area contributed by atoms with E-state index in [2.05, 4.69) is 10.6 Å². The molecule has 1 aromatic rings. The highest BCUT2D eigenvalue weighted by Crippen LogP contribution is 2.18. The molecule has 1 rings (SSSR count). The Morgan fingerprint density at radius 3 is 2.32 bits per heavy atom. The number of carbonyl (C=O) groups is 2. The van der Waals surface area contributed by atoms with Gasteiger partial charge in [-0.1, -0.05) is 6.07 Å². The molecule has 0 saturated carbocycles. The maximum Gasteiger partial charge on any atom is 0.408 e. The average Bonchev–Trinajstić information content (AvgIpc) is 2.41. The maximum absolute atomic E-state index is 13.6. The van der Waals surface area contributed by atoms with E-state index in [-0.39, 0.29) is 24.6 Å².